The number of rotatable bonds is 3. The van der Waals surface area contributed by atoms with Crippen LogP contribution < -0.4 is 10.6 Å². The summed E-state index contributed by atoms with van der Waals surface area (Å²) in [6.07, 6.45) is 2.80. The highest BCUT2D eigenvalue weighted by atomic mass is 19.1. The number of hydrogen-bond donors (Lipinski definition) is 2. The first kappa shape index (κ1) is 21.0. The molecule has 7 heteroatoms. The molecule has 2 heterocycles. The fraction of sp³-hybridized carbons (Fsp3) is 0.909. The van der Waals surface area contributed by atoms with Gasteiger partial charge >= 0.3 is 0 Å². The Morgan fingerprint density at radius 3 is 2.52 bits per heavy atom. The maximum absolute atomic E-state index is 14.5. The lowest BCUT2D eigenvalue weighted by molar-refractivity contribution is -0.128. The number of hydrogen-bond acceptors (Lipinski definition) is 3. The van der Waals surface area contributed by atoms with Crippen LogP contribution in [0.25, 0.3) is 0 Å². The number of likely N-dealkylation sites (tertiary alicyclic amines) is 1. The summed E-state index contributed by atoms with van der Waals surface area (Å²) in [6, 6.07) is -0.480. The zero-order chi connectivity index (χ0) is 20.7. The van der Waals surface area contributed by atoms with Gasteiger partial charge < -0.3 is 15.5 Å². The van der Waals surface area contributed by atoms with Crippen LogP contribution in [-0.4, -0.2) is 60.3 Å². The molecule has 0 aromatic rings. The van der Waals surface area contributed by atoms with Gasteiger partial charge in [-0.05, 0) is 62.7 Å². The first-order valence-corrected chi connectivity index (χ1v) is 11.4. The third-order valence-electron chi connectivity index (χ3n) is 8.02. The van der Waals surface area contributed by atoms with Gasteiger partial charge in [0.15, 0.2) is 0 Å². The normalized spacial score (nSPS) is 45.1. The van der Waals surface area contributed by atoms with Crippen LogP contribution in [0.2, 0.25) is 0 Å². The second-order valence-electron chi connectivity index (χ2n) is 10.00. The third kappa shape index (κ3) is 4.44. The molecule has 2 saturated heterocycles. The molecule has 2 N–H and O–H groups in total. The monoisotopic (exact) mass is 411 g/mol. The van der Waals surface area contributed by atoms with Crippen molar-refractivity contribution in [3.05, 3.63) is 0 Å². The summed E-state index contributed by atoms with van der Waals surface area (Å²) in [7, 11) is 0. The van der Waals surface area contributed by atoms with Gasteiger partial charge in [-0.15, -0.1) is 0 Å². The Hall–Kier alpha value is -1.24. The average molecular weight is 412 g/mol. The molecule has 4 rings (SSSR count). The van der Waals surface area contributed by atoms with Crippen LogP contribution in [-0.2, 0) is 9.59 Å². The van der Waals surface area contributed by atoms with Crippen molar-refractivity contribution >= 4 is 11.8 Å². The minimum atomic E-state index is -0.917. The van der Waals surface area contributed by atoms with E-state index in [9.17, 15) is 18.4 Å². The van der Waals surface area contributed by atoms with Crippen LogP contribution in [0.4, 0.5) is 8.78 Å². The SMILES string of the molecule is CC(=O)N1CCC(C2CC(F)CC(NC(=O)C3CC4C(F)CCC(C)C4N3)C2)C1. The second-order valence-corrected chi connectivity index (χ2v) is 10.00. The molecule has 0 aromatic carbocycles. The summed E-state index contributed by atoms with van der Waals surface area (Å²) in [5, 5.41) is 6.44. The lowest BCUT2D eigenvalue weighted by atomic mass is 9.76. The standard InChI is InChI=1S/C22H35F2N3O2/c1-12-3-4-19(24)18-10-20(26-21(12)18)22(29)25-17-8-15(7-16(23)9-17)14-5-6-27(11-14)13(2)28/h12,14-21,26H,3-11H2,1-2H3,(H,25,29). The Kier molecular flexibility index (Phi) is 6.14. The lowest BCUT2D eigenvalue weighted by Crippen LogP contribution is -2.50. The highest BCUT2D eigenvalue weighted by molar-refractivity contribution is 5.82. The number of nitrogens with zero attached hydrogens (tertiary/aromatic N) is 1. The molecule has 9 atom stereocenters. The highest BCUT2D eigenvalue weighted by Crippen LogP contribution is 2.39. The summed E-state index contributed by atoms with van der Waals surface area (Å²) < 4.78 is 28.8. The Labute approximate surface area is 172 Å². The van der Waals surface area contributed by atoms with Gasteiger partial charge in [0.25, 0.3) is 0 Å². The maximum atomic E-state index is 14.5. The molecule has 0 bridgehead atoms. The van der Waals surface area contributed by atoms with Crippen molar-refractivity contribution in [3.8, 4) is 0 Å². The zero-order valence-electron chi connectivity index (χ0n) is 17.6. The van der Waals surface area contributed by atoms with Crippen molar-refractivity contribution in [3.63, 3.8) is 0 Å². The quantitative estimate of drug-likeness (QED) is 0.751. The molecular formula is C22H35F2N3O2. The molecule has 4 fully saturated rings. The number of amides is 2. The summed E-state index contributed by atoms with van der Waals surface area (Å²) in [6.45, 7) is 5.17. The minimum Gasteiger partial charge on any atom is -0.352 e. The van der Waals surface area contributed by atoms with Gasteiger partial charge in [-0.25, -0.2) is 8.78 Å². The van der Waals surface area contributed by atoms with E-state index in [0.717, 1.165) is 25.8 Å². The van der Waals surface area contributed by atoms with E-state index in [2.05, 4.69) is 17.6 Å². The van der Waals surface area contributed by atoms with Gasteiger partial charge in [0, 0.05) is 38.0 Å². The number of halogens is 2. The molecule has 0 radical (unpaired) electrons. The molecule has 164 valence electrons. The van der Waals surface area contributed by atoms with E-state index < -0.39 is 12.3 Å². The third-order valence-corrected chi connectivity index (χ3v) is 8.02. The van der Waals surface area contributed by atoms with Crippen LogP contribution >= 0.6 is 0 Å². The van der Waals surface area contributed by atoms with Gasteiger partial charge in [-0.1, -0.05) is 6.92 Å². The average Bonchev–Trinajstić information content (AvgIpc) is 3.32. The van der Waals surface area contributed by atoms with Gasteiger partial charge in [-0.3, -0.25) is 9.59 Å². The van der Waals surface area contributed by atoms with Crippen LogP contribution in [0, 0.1) is 23.7 Å². The Morgan fingerprint density at radius 2 is 1.83 bits per heavy atom. The van der Waals surface area contributed by atoms with E-state index in [1.54, 1.807) is 6.92 Å². The maximum Gasteiger partial charge on any atom is 0.237 e. The van der Waals surface area contributed by atoms with Crippen molar-refractivity contribution in [2.75, 3.05) is 13.1 Å². The van der Waals surface area contributed by atoms with Crippen molar-refractivity contribution in [2.24, 2.45) is 23.7 Å². The minimum absolute atomic E-state index is 0.0681. The van der Waals surface area contributed by atoms with Crippen molar-refractivity contribution in [1.82, 2.24) is 15.5 Å². The molecule has 29 heavy (non-hydrogen) atoms. The van der Waals surface area contributed by atoms with Crippen molar-refractivity contribution in [1.29, 1.82) is 0 Å². The summed E-state index contributed by atoms with van der Waals surface area (Å²) in [4.78, 5) is 26.3. The molecule has 4 aliphatic rings. The smallest absolute Gasteiger partial charge is 0.237 e. The highest BCUT2D eigenvalue weighted by Gasteiger charge is 2.47. The summed E-state index contributed by atoms with van der Waals surface area (Å²) in [5.74, 6) is 0.789. The van der Waals surface area contributed by atoms with E-state index in [4.69, 9.17) is 0 Å². The Balaban J connectivity index is 1.33. The number of nitrogens with one attached hydrogen (secondary N) is 2. The molecule has 2 saturated carbocycles. The number of carbonyl (C=O) groups excluding carboxylic acids is 2. The Morgan fingerprint density at radius 1 is 1.03 bits per heavy atom. The molecule has 0 aromatic heterocycles. The van der Waals surface area contributed by atoms with Crippen molar-refractivity contribution < 1.29 is 18.4 Å². The van der Waals surface area contributed by atoms with E-state index >= 15 is 0 Å². The molecule has 2 amide bonds. The molecule has 9 unspecified atom stereocenters. The fourth-order valence-corrected chi connectivity index (χ4v) is 6.35. The topological polar surface area (TPSA) is 61.4 Å². The predicted molar refractivity (Wildman–Crippen MR) is 107 cm³/mol. The largest absolute Gasteiger partial charge is 0.352 e. The van der Waals surface area contributed by atoms with Gasteiger partial charge in [0.05, 0.1) is 6.04 Å². The van der Waals surface area contributed by atoms with Gasteiger partial charge in [0.2, 0.25) is 11.8 Å². The molecule has 2 aliphatic heterocycles. The molecular weight excluding hydrogens is 376 g/mol. The summed E-state index contributed by atoms with van der Waals surface area (Å²) in [5.41, 5.74) is 0. The van der Waals surface area contributed by atoms with E-state index in [0.29, 0.717) is 44.1 Å². The predicted octanol–water partition coefficient (Wildman–Crippen LogP) is 2.59. The lowest BCUT2D eigenvalue weighted by Gasteiger charge is -2.35. The first-order valence-electron chi connectivity index (χ1n) is 11.4. The second kappa shape index (κ2) is 8.48. The van der Waals surface area contributed by atoms with E-state index in [-0.39, 0.29) is 41.8 Å². The Bertz CT molecular complexity index is 615. The van der Waals surface area contributed by atoms with Gasteiger partial charge in [-0.2, -0.15) is 0 Å². The molecule has 0 spiro atoms. The van der Waals surface area contributed by atoms with E-state index in [1.165, 1.54) is 0 Å². The van der Waals surface area contributed by atoms with Crippen molar-refractivity contribution in [2.45, 2.75) is 89.3 Å². The van der Waals surface area contributed by atoms with Crippen LogP contribution in [0.5, 0.6) is 0 Å². The number of fused-ring (bicyclic) bond motifs is 1. The van der Waals surface area contributed by atoms with Crippen LogP contribution in [0.3, 0.4) is 0 Å². The molecule has 5 nitrogen and oxygen atoms in total. The van der Waals surface area contributed by atoms with Crippen LogP contribution in [0.15, 0.2) is 0 Å². The zero-order valence-corrected chi connectivity index (χ0v) is 17.6. The van der Waals surface area contributed by atoms with Crippen LogP contribution in [0.1, 0.15) is 58.8 Å². The van der Waals surface area contributed by atoms with E-state index in [1.807, 2.05) is 4.90 Å². The number of alkyl halides is 2. The first-order chi connectivity index (χ1) is 13.8. The van der Waals surface area contributed by atoms with Gasteiger partial charge in [0.1, 0.15) is 12.3 Å². The summed E-state index contributed by atoms with van der Waals surface area (Å²) >= 11 is 0. The fourth-order valence-electron chi connectivity index (χ4n) is 6.35. The number of carbonyl (C=O) groups is 2. The molecule has 2 aliphatic carbocycles.